The van der Waals surface area contributed by atoms with Gasteiger partial charge in [0.15, 0.2) is 11.9 Å². The van der Waals surface area contributed by atoms with Crippen LogP contribution in [0.15, 0.2) is 52.1 Å². The number of rotatable bonds is 3. The Hall–Kier alpha value is -3.22. The van der Waals surface area contributed by atoms with E-state index in [4.69, 9.17) is 4.42 Å². The van der Waals surface area contributed by atoms with Crippen molar-refractivity contribution >= 4 is 22.9 Å². The fourth-order valence-electron chi connectivity index (χ4n) is 2.64. The molecule has 0 fully saturated rings. The van der Waals surface area contributed by atoms with Crippen molar-refractivity contribution in [1.82, 2.24) is 14.0 Å². The number of nitrogens with zero attached hydrogens (tertiary/aromatic N) is 3. The van der Waals surface area contributed by atoms with E-state index < -0.39 is 11.6 Å². The monoisotopic (exact) mass is 311 g/mol. The number of imidazole rings is 1. The van der Waals surface area contributed by atoms with E-state index in [-0.39, 0.29) is 17.7 Å². The van der Waals surface area contributed by atoms with Crippen LogP contribution in [0.3, 0.4) is 0 Å². The number of aldehydes is 1. The fraction of sp³-hybridized carbons (Fsp3) is 0.0625. The van der Waals surface area contributed by atoms with Crippen LogP contribution in [-0.4, -0.2) is 20.2 Å². The molecule has 0 saturated carbocycles. The van der Waals surface area contributed by atoms with Gasteiger partial charge in [0.1, 0.15) is 5.82 Å². The summed E-state index contributed by atoms with van der Waals surface area (Å²) in [6, 6.07) is 7.95. The Balaban J connectivity index is 1.90. The number of hydrogen-bond donors (Lipinski definition) is 0. The zero-order valence-electron chi connectivity index (χ0n) is 11.8. The van der Waals surface area contributed by atoms with Crippen LogP contribution in [0, 0.1) is 5.82 Å². The first-order valence-electron chi connectivity index (χ1n) is 6.85. The molecule has 23 heavy (non-hydrogen) atoms. The molecule has 0 amide bonds. The number of halogens is 1. The third-order valence-corrected chi connectivity index (χ3v) is 3.77. The van der Waals surface area contributed by atoms with Crippen LogP contribution in [0.2, 0.25) is 0 Å². The fourth-order valence-corrected chi connectivity index (χ4v) is 2.64. The van der Waals surface area contributed by atoms with Crippen LogP contribution in [-0.2, 0) is 6.54 Å². The topological polar surface area (TPSA) is 69.5 Å². The van der Waals surface area contributed by atoms with Crippen molar-refractivity contribution in [2.45, 2.75) is 6.54 Å². The lowest BCUT2D eigenvalue weighted by Gasteiger charge is -2.06. The minimum atomic E-state index is -0.692. The predicted molar refractivity (Wildman–Crippen MR) is 80.1 cm³/mol. The van der Waals surface area contributed by atoms with E-state index >= 15 is 0 Å². The number of hydrogen-bond acceptors (Lipinski definition) is 4. The molecule has 6 nitrogen and oxygen atoms in total. The molecule has 0 bridgehead atoms. The van der Waals surface area contributed by atoms with Crippen molar-refractivity contribution in [1.29, 1.82) is 0 Å². The van der Waals surface area contributed by atoms with E-state index in [1.807, 2.05) is 22.6 Å². The molecule has 0 saturated heterocycles. The predicted octanol–water partition coefficient (Wildman–Crippen LogP) is 2.24. The third kappa shape index (κ3) is 2.05. The van der Waals surface area contributed by atoms with Gasteiger partial charge in [-0.3, -0.25) is 9.36 Å². The van der Waals surface area contributed by atoms with Gasteiger partial charge >= 0.3 is 5.76 Å². The van der Waals surface area contributed by atoms with Crippen molar-refractivity contribution in [2.75, 3.05) is 0 Å². The molecule has 4 rings (SSSR count). The van der Waals surface area contributed by atoms with Gasteiger partial charge < -0.3 is 8.82 Å². The quantitative estimate of drug-likeness (QED) is 0.544. The van der Waals surface area contributed by atoms with Crippen LogP contribution >= 0.6 is 0 Å². The van der Waals surface area contributed by atoms with Gasteiger partial charge in [-0.15, -0.1) is 0 Å². The summed E-state index contributed by atoms with van der Waals surface area (Å²) >= 11 is 0. The normalized spacial score (nSPS) is 11.3. The lowest BCUT2D eigenvalue weighted by atomic mass is 10.2. The molecule has 1 aromatic carbocycles. The Morgan fingerprint density at radius 2 is 2.17 bits per heavy atom. The van der Waals surface area contributed by atoms with Crippen LogP contribution in [0.25, 0.3) is 16.6 Å². The van der Waals surface area contributed by atoms with Crippen molar-refractivity contribution in [2.24, 2.45) is 0 Å². The Morgan fingerprint density at radius 3 is 3.00 bits per heavy atom. The average molecular weight is 311 g/mol. The van der Waals surface area contributed by atoms with Gasteiger partial charge in [-0.2, -0.15) is 0 Å². The van der Waals surface area contributed by atoms with Crippen LogP contribution in [0.1, 0.15) is 16.1 Å². The largest absolute Gasteiger partial charge is 0.420 e. The van der Waals surface area contributed by atoms with Gasteiger partial charge in [-0.05, 0) is 18.2 Å². The second-order valence-corrected chi connectivity index (χ2v) is 5.12. The molecule has 3 heterocycles. The van der Waals surface area contributed by atoms with Crippen LogP contribution < -0.4 is 5.76 Å². The number of fused-ring (bicyclic) bond motifs is 2. The highest BCUT2D eigenvalue weighted by Gasteiger charge is 2.14. The Bertz CT molecular complexity index is 1110. The summed E-state index contributed by atoms with van der Waals surface area (Å²) < 4.78 is 22.1. The summed E-state index contributed by atoms with van der Waals surface area (Å²) in [5.41, 5.74) is 2.02. The van der Waals surface area contributed by atoms with E-state index in [2.05, 4.69) is 4.98 Å². The maximum Gasteiger partial charge on any atom is 0.420 e. The minimum absolute atomic E-state index is 0.143. The number of benzene rings is 1. The highest BCUT2D eigenvalue weighted by molar-refractivity contribution is 5.84. The second-order valence-electron chi connectivity index (χ2n) is 5.12. The van der Waals surface area contributed by atoms with E-state index in [0.29, 0.717) is 11.8 Å². The summed E-state index contributed by atoms with van der Waals surface area (Å²) in [5.74, 6) is -1.30. The first kappa shape index (κ1) is 13.4. The molecule has 0 unspecified atom stereocenters. The molecule has 114 valence electrons. The Labute approximate surface area is 128 Å². The summed E-state index contributed by atoms with van der Waals surface area (Å²) in [6.45, 7) is 0.194. The van der Waals surface area contributed by atoms with Crippen molar-refractivity contribution in [3.63, 3.8) is 0 Å². The van der Waals surface area contributed by atoms with E-state index in [0.717, 1.165) is 17.3 Å². The lowest BCUT2D eigenvalue weighted by molar-refractivity contribution is 0.112. The molecule has 0 spiro atoms. The lowest BCUT2D eigenvalue weighted by Crippen LogP contribution is -2.16. The first-order valence-corrected chi connectivity index (χ1v) is 6.85. The molecular weight excluding hydrogens is 301 g/mol. The molecule has 0 aliphatic heterocycles. The zero-order valence-corrected chi connectivity index (χ0v) is 11.8. The third-order valence-electron chi connectivity index (χ3n) is 3.77. The standard InChI is InChI=1S/C16H10FN3O3/c17-13-5-14-15(4-10(13)8-21)23-16(22)19(14)7-12-3-1-2-11-6-18-9-20(11)12/h1-6,8-9H,7H2. The Kier molecular flexibility index (Phi) is 2.87. The van der Waals surface area contributed by atoms with Crippen molar-refractivity contribution in [3.05, 3.63) is 70.5 Å². The average Bonchev–Trinajstić information content (AvgIpc) is 3.13. The minimum Gasteiger partial charge on any atom is -0.408 e. The molecular formula is C16H10FN3O3. The van der Waals surface area contributed by atoms with Crippen molar-refractivity contribution < 1.29 is 13.6 Å². The molecule has 0 aliphatic rings. The number of pyridine rings is 1. The zero-order chi connectivity index (χ0) is 16.0. The molecule has 7 heteroatoms. The SMILES string of the molecule is O=Cc1cc2oc(=O)n(Cc3cccc4cncn34)c2cc1F. The summed E-state index contributed by atoms with van der Waals surface area (Å²) in [6.07, 6.45) is 3.73. The molecule has 3 aromatic heterocycles. The second kappa shape index (κ2) is 4.91. The maximum atomic E-state index is 13.8. The molecule has 0 aliphatic carbocycles. The highest BCUT2D eigenvalue weighted by Crippen LogP contribution is 2.19. The summed E-state index contributed by atoms with van der Waals surface area (Å²) in [4.78, 5) is 26.9. The van der Waals surface area contributed by atoms with Crippen molar-refractivity contribution in [3.8, 4) is 0 Å². The molecule has 0 radical (unpaired) electrons. The van der Waals surface area contributed by atoms with Crippen LogP contribution in [0.5, 0.6) is 0 Å². The van der Waals surface area contributed by atoms with E-state index in [1.165, 1.54) is 10.6 Å². The summed E-state index contributed by atoms with van der Waals surface area (Å²) in [7, 11) is 0. The van der Waals surface area contributed by atoms with E-state index in [1.54, 1.807) is 12.5 Å². The van der Waals surface area contributed by atoms with Gasteiger partial charge in [0, 0.05) is 11.8 Å². The van der Waals surface area contributed by atoms with Gasteiger partial charge in [-0.25, -0.2) is 14.2 Å². The molecule has 0 atom stereocenters. The number of carbonyl (C=O) groups excluding carboxylic acids is 1. The number of oxazole rings is 1. The highest BCUT2D eigenvalue weighted by atomic mass is 19.1. The molecule has 0 N–H and O–H groups in total. The van der Waals surface area contributed by atoms with Gasteiger partial charge in [-0.1, -0.05) is 6.07 Å². The summed E-state index contributed by atoms with van der Waals surface area (Å²) in [5, 5.41) is 0. The van der Waals surface area contributed by atoms with Gasteiger partial charge in [0.2, 0.25) is 0 Å². The first-order chi connectivity index (χ1) is 11.2. The maximum absolute atomic E-state index is 13.8. The molecule has 4 aromatic rings. The van der Waals surface area contributed by atoms with E-state index in [9.17, 15) is 14.0 Å². The van der Waals surface area contributed by atoms with Gasteiger partial charge in [0.25, 0.3) is 0 Å². The Morgan fingerprint density at radius 1 is 1.30 bits per heavy atom. The number of aromatic nitrogens is 3. The van der Waals surface area contributed by atoms with Crippen LogP contribution in [0.4, 0.5) is 4.39 Å². The smallest absolute Gasteiger partial charge is 0.408 e. The number of carbonyl (C=O) groups is 1. The van der Waals surface area contributed by atoms with Gasteiger partial charge in [0.05, 0.1) is 35.7 Å².